The highest BCUT2D eigenvalue weighted by atomic mass is 16.5. The van der Waals surface area contributed by atoms with Crippen LogP contribution in [0.15, 0.2) is 0 Å². The fourth-order valence-electron chi connectivity index (χ4n) is 3.24. The van der Waals surface area contributed by atoms with Gasteiger partial charge < -0.3 is 15.2 Å². The molecule has 2 aliphatic rings. The zero-order chi connectivity index (χ0) is 13.0. The van der Waals surface area contributed by atoms with E-state index in [4.69, 9.17) is 15.2 Å². The molecule has 0 amide bonds. The summed E-state index contributed by atoms with van der Waals surface area (Å²) in [7, 11) is 0. The van der Waals surface area contributed by atoms with Gasteiger partial charge in [-0.25, -0.2) is 0 Å². The zero-order valence-corrected chi connectivity index (χ0v) is 11.5. The van der Waals surface area contributed by atoms with Crippen LogP contribution in [0.25, 0.3) is 0 Å². The summed E-state index contributed by atoms with van der Waals surface area (Å²) in [6.45, 7) is 8.39. The lowest BCUT2D eigenvalue weighted by Gasteiger charge is -2.18. The Hall–Kier alpha value is -1.22. The smallest absolute Gasteiger partial charge is 0.128 e. The van der Waals surface area contributed by atoms with Crippen LogP contribution in [0.4, 0.5) is 0 Å². The van der Waals surface area contributed by atoms with Crippen LogP contribution in [0, 0.1) is 6.92 Å². The lowest BCUT2D eigenvalue weighted by Crippen LogP contribution is -2.12. The van der Waals surface area contributed by atoms with E-state index >= 15 is 0 Å². The van der Waals surface area contributed by atoms with E-state index in [-0.39, 0.29) is 18.2 Å². The maximum absolute atomic E-state index is 6.17. The molecular weight excluding hydrogens is 226 g/mol. The molecule has 2 N–H and O–H groups in total. The number of nitrogens with two attached hydrogens (primary N) is 1. The topological polar surface area (TPSA) is 44.5 Å². The Kier molecular flexibility index (Phi) is 2.56. The van der Waals surface area contributed by atoms with Crippen molar-refractivity contribution in [1.29, 1.82) is 0 Å². The van der Waals surface area contributed by atoms with Crippen molar-refractivity contribution in [1.82, 2.24) is 0 Å². The van der Waals surface area contributed by atoms with E-state index < -0.39 is 0 Å². The molecule has 0 spiro atoms. The van der Waals surface area contributed by atoms with E-state index in [1.807, 2.05) is 6.92 Å². The van der Waals surface area contributed by atoms with Crippen molar-refractivity contribution >= 4 is 0 Å². The van der Waals surface area contributed by atoms with Crippen LogP contribution in [-0.4, -0.2) is 12.2 Å². The van der Waals surface area contributed by atoms with Gasteiger partial charge in [0.05, 0.1) is 0 Å². The van der Waals surface area contributed by atoms with Crippen molar-refractivity contribution in [3.8, 4) is 11.5 Å². The summed E-state index contributed by atoms with van der Waals surface area (Å²) >= 11 is 0. The molecule has 3 unspecified atom stereocenters. The van der Waals surface area contributed by atoms with Gasteiger partial charge in [0.15, 0.2) is 0 Å². The Morgan fingerprint density at radius 3 is 2.22 bits per heavy atom. The molecule has 0 saturated heterocycles. The first kappa shape index (κ1) is 11.8. The van der Waals surface area contributed by atoms with E-state index in [0.29, 0.717) is 0 Å². The van der Waals surface area contributed by atoms with Crippen molar-refractivity contribution in [3.63, 3.8) is 0 Å². The van der Waals surface area contributed by atoms with Crippen LogP contribution in [0.1, 0.15) is 49.1 Å². The maximum atomic E-state index is 6.17. The standard InChI is InChI=1S/C15H21NO2/c1-7-5-11-9(3)14-12(6-8(2)17-14)13(10(4)16)15(11)18-7/h7-8,10H,5-6,16H2,1-4H3. The molecule has 3 rings (SSSR count). The third-order valence-electron chi connectivity index (χ3n) is 3.99. The lowest BCUT2D eigenvalue weighted by molar-refractivity contribution is 0.251. The third kappa shape index (κ3) is 1.53. The van der Waals surface area contributed by atoms with Crippen LogP contribution in [0.3, 0.4) is 0 Å². The highest BCUT2D eigenvalue weighted by Crippen LogP contribution is 2.48. The average Bonchev–Trinajstić information content (AvgIpc) is 2.81. The highest BCUT2D eigenvalue weighted by molar-refractivity contribution is 5.62. The Labute approximate surface area is 108 Å². The van der Waals surface area contributed by atoms with Gasteiger partial charge in [-0.05, 0) is 33.3 Å². The number of hydrogen-bond donors (Lipinski definition) is 1. The first-order valence-corrected chi connectivity index (χ1v) is 6.76. The van der Waals surface area contributed by atoms with Crippen molar-refractivity contribution < 1.29 is 9.47 Å². The Balaban J connectivity index is 2.26. The Bertz CT molecular complexity index is 469. The van der Waals surface area contributed by atoms with Gasteiger partial charge in [-0.1, -0.05) is 0 Å². The third-order valence-corrected chi connectivity index (χ3v) is 3.99. The van der Waals surface area contributed by atoms with Crippen molar-refractivity contribution in [2.75, 3.05) is 0 Å². The molecular formula is C15H21NO2. The Morgan fingerprint density at radius 2 is 1.61 bits per heavy atom. The minimum Gasteiger partial charge on any atom is -0.490 e. The van der Waals surface area contributed by atoms with Crippen LogP contribution >= 0.6 is 0 Å². The lowest BCUT2D eigenvalue weighted by atomic mass is 9.91. The SMILES string of the molecule is Cc1c2c(c(C(C)N)c3c1OC(C)C3)OC(C)C2. The second-order valence-electron chi connectivity index (χ2n) is 5.71. The van der Waals surface area contributed by atoms with Crippen LogP contribution < -0.4 is 15.2 Å². The van der Waals surface area contributed by atoms with E-state index in [1.54, 1.807) is 0 Å². The molecule has 0 aliphatic carbocycles. The largest absolute Gasteiger partial charge is 0.490 e. The van der Waals surface area contributed by atoms with Gasteiger partial charge in [0, 0.05) is 35.6 Å². The molecule has 1 aromatic rings. The number of ether oxygens (including phenoxy) is 2. The second-order valence-corrected chi connectivity index (χ2v) is 5.71. The molecule has 0 aromatic heterocycles. The monoisotopic (exact) mass is 247 g/mol. The fourth-order valence-corrected chi connectivity index (χ4v) is 3.24. The first-order valence-electron chi connectivity index (χ1n) is 6.76. The van der Waals surface area contributed by atoms with Crippen molar-refractivity contribution in [2.45, 2.75) is 58.8 Å². The molecule has 2 aliphatic heterocycles. The van der Waals surface area contributed by atoms with Gasteiger partial charge in [0.1, 0.15) is 23.7 Å². The zero-order valence-electron chi connectivity index (χ0n) is 11.5. The van der Waals surface area contributed by atoms with Gasteiger partial charge in [-0.3, -0.25) is 0 Å². The van der Waals surface area contributed by atoms with Crippen LogP contribution in [-0.2, 0) is 12.8 Å². The second kappa shape index (κ2) is 3.89. The molecule has 3 atom stereocenters. The van der Waals surface area contributed by atoms with Crippen LogP contribution in [0.5, 0.6) is 11.5 Å². The minimum absolute atomic E-state index is 0.00713. The molecule has 2 heterocycles. The number of rotatable bonds is 1. The van der Waals surface area contributed by atoms with E-state index in [9.17, 15) is 0 Å². The quantitative estimate of drug-likeness (QED) is 0.829. The minimum atomic E-state index is -0.00713. The van der Waals surface area contributed by atoms with Crippen molar-refractivity contribution in [2.24, 2.45) is 5.73 Å². The molecule has 3 heteroatoms. The van der Waals surface area contributed by atoms with E-state index in [2.05, 4.69) is 20.8 Å². The normalized spacial score (nSPS) is 26.3. The summed E-state index contributed by atoms with van der Waals surface area (Å²) in [6.07, 6.45) is 2.40. The molecule has 18 heavy (non-hydrogen) atoms. The van der Waals surface area contributed by atoms with E-state index in [1.165, 1.54) is 22.3 Å². The summed E-state index contributed by atoms with van der Waals surface area (Å²) in [5, 5.41) is 0. The summed E-state index contributed by atoms with van der Waals surface area (Å²) < 4.78 is 12.0. The van der Waals surface area contributed by atoms with E-state index in [0.717, 1.165) is 24.3 Å². The fraction of sp³-hybridized carbons (Fsp3) is 0.600. The number of hydrogen-bond acceptors (Lipinski definition) is 3. The molecule has 98 valence electrons. The van der Waals surface area contributed by atoms with Gasteiger partial charge in [-0.2, -0.15) is 0 Å². The van der Waals surface area contributed by atoms with Gasteiger partial charge >= 0.3 is 0 Å². The summed E-state index contributed by atoms with van der Waals surface area (Å²) in [4.78, 5) is 0. The van der Waals surface area contributed by atoms with Crippen LogP contribution in [0.2, 0.25) is 0 Å². The molecule has 0 radical (unpaired) electrons. The molecule has 0 fully saturated rings. The Morgan fingerprint density at radius 1 is 1.06 bits per heavy atom. The number of benzene rings is 1. The van der Waals surface area contributed by atoms with Gasteiger partial charge in [-0.15, -0.1) is 0 Å². The summed E-state index contributed by atoms with van der Waals surface area (Å²) in [6, 6.07) is -0.00713. The molecule has 0 bridgehead atoms. The predicted molar refractivity (Wildman–Crippen MR) is 71.4 cm³/mol. The van der Waals surface area contributed by atoms with Gasteiger partial charge in [0.25, 0.3) is 0 Å². The first-order chi connectivity index (χ1) is 8.49. The number of fused-ring (bicyclic) bond motifs is 2. The summed E-state index contributed by atoms with van der Waals surface area (Å²) in [5.74, 6) is 2.10. The van der Waals surface area contributed by atoms with Crippen molar-refractivity contribution in [3.05, 3.63) is 22.3 Å². The summed E-state index contributed by atoms with van der Waals surface area (Å²) in [5.41, 5.74) is 11.1. The van der Waals surface area contributed by atoms with Gasteiger partial charge in [0.2, 0.25) is 0 Å². The molecule has 1 aromatic carbocycles. The molecule has 0 saturated carbocycles. The highest BCUT2D eigenvalue weighted by Gasteiger charge is 2.34. The molecule has 3 nitrogen and oxygen atoms in total. The predicted octanol–water partition coefficient (Wildman–Crippen LogP) is 2.66. The maximum Gasteiger partial charge on any atom is 0.128 e. The average molecular weight is 247 g/mol.